The highest BCUT2D eigenvalue weighted by Gasteiger charge is 2.16. The molecule has 0 aliphatic carbocycles. The van der Waals surface area contributed by atoms with Crippen molar-refractivity contribution in [3.8, 4) is 0 Å². The Morgan fingerprint density at radius 2 is 1.90 bits per heavy atom. The smallest absolute Gasteiger partial charge is 0.127 e. The second-order valence-corrected chi connectivity index (χ2v) is 5.34. The normalized spacial score (nSPS) is 12.4. The van der Waals surface area contributed by atoms with Crippen LogP contribution in [0.3, 0.4) is 0 Å². The van der Waals surface area contributed by atoms with Crippen LogP contribution in [0.1, 0.15) is 28.6 Å². The zero-order valence-electron chi connectivity index (χ0n) is 11.9. The number of nitrogens with one attached hydrogen (secondary N) is 1. The molecule has 1 aromatic carbocycles. The summed E-state index contributed by atoms with van der Waals surface area (Å²) in [6.45, 7) is 3.92. The molecular weight excluding hydrogens is 275 g/mol. The van der Waals surface area contributed by atoms with Crippen LogP contribution in [0.4, 0.5) is 4.39 Å². The highest BCUT2D eigenvalue weighted by atomic mass is 35.5. The first-order valence-electron chi connectivity index (χ1n) is 6.56. The van der Waals surface area contributed by atoms with E-state index in [2.05, 4.69) is 10.3 Å². The maximum atomic E-state index is 13.9. The molecule has 1 unspecified atom stereocenters. The number of rotatable bonds is 4. The topological polar surface area (TPSA) is 24.9 Å². The molecule has 106 valence electrons. The summed E-state index contributed by atoms with van der Waals surface area (Å²) in [5.41, 5.74) is 3.55. The van der Waals surface area contributed by atoms with Gasteiger partial charge in [0.15, 0.2) is 0 Å². The number of hydrogen-bond donors (Lipinski definition) is 1. The Morgan fingerprint density at radius 3 is 2.45 bits per heavy atom. The number of aromatic nitrogens is 1. The Morgan fingerprint density at radius 1 is 1.25 bits per heavy atom. The predicted octanol–water partition coefficient (Wildman–Crippen LogP) is 3.99. The molecule has 2 nitrogen and oxygen atoms in total. The lowest BCUT2D eigenvalue weighted by Gasteiger charge is -2.19. The van der Waals surface area contributed by atoms with Crippen LogP contribution in [0.25, 0.3) is 0 Å². The van der Waals surface area contributed by atoms with Crippen LogP contribution in [0, 0.1) is 19.7 Å². The van der Waals surface area contributed by atoms with Gasteiger partial charge in [0.05, 0.1) is 0 Å². The fourth-order valence-electron chi connectivity index (χ4n) is 2.39. The van der Waals surface area contributed by atoms with Gasteiger partial charge in [-0.15, -0.1) is 0 Å². The van der Waals surface area contributed by atoms with Crippen LogP contribution in [0.2, 0.25) is 5.02 Å². The zero-order valence-corrected chi connectivity index (χ0v) is 12.6. The first-order chi connectivity index (χ1) is 9.51. The van der Waals surface area contributed by atoms with E-state index in [1.165, 1.54) is 6.07 Å². The molecular formula is C16H18ClFN2. The predicted molar refractivity (Wildman–Crippen MR) is 80.6 cm³/mol. The Hall–Kier alpha value is -1.45. The van der Waals surface area contributed by atoms with Crippen LogP contribution in [0.15, 0.2) is 30.3 Å². The quantitative estimate of drug-likeness (QED) is 0.921. The van der Waals surface area contributed by atoms with E-state index in [0.29, 0.717) is 17.0 Å². The van der Waals surface area contributed by atoms with E-state index in [4.69, 9.17) is 11.6 Å². The summed E-state index contributed by atoms with van der Waals surface area (Å²) in [7, 11) is 1.87. The van der Waals surface area contributed by atoms with Crippen molar-refractivity contribution in [2.24, 2.45) is 0 Å². The number of likely N-dealkylation sites (N-methyl/N-ethyl adjacent to an activating group) is 1. The standard InChI is InChI=1S/C16H18ClFN2/c1-10-7-12(8-11(2)20-10)16(19-3)9-13-14(17)5-4-6-15(13)18/h4-8,16,19H,9H2,1-3H3. The van der Waals surface area contributed by atoms with Crippen molar-refractivity contribution in [3.05, 3.63) is 63.7 Å². The summed E-state index contributed by atoms with van der Waals surface area (Å²) in [5.74, 6) is -0.264. The van der Waals surface area contributed by atoms with Crippen molar-refractivity contribution in [1.82, 2.24) is 10.3 Å². The average Bonchev–Trinajstić information content (AvgIpc) is 2.37. The lowest BCUT2D eigenvalue weighted by atomic mass is 9.98. The molecule has 1 aromatic heterocycles. The molecule has 0 saturated heterocycles. The van der Waals surface area contributed by atoms with Crippen molar-refractivity contribution in [2.45, 2.75) is 26.3 Å². The first kappa shape index (κ1) is 14.9. The highest BCUT2D eigenvalue weighted by Crippen LogP contribution is 2.26. The third kappa shape index (κ3) is 3.35. The van der Waals surface area contributed by atoms with Gasteiger partial charge in [0.25, 0.3) is 0 Å². The van der Waals surface area contributed by atoms with Gasteiger partial charge in [-0.3, -0.25) is 4.98 Å². The molecule has 2 rings (SSSR count). The van der Waals surface area contributed by atoms with Crippen LogP contribution >= 0.6 is 11.6 Å². The summed E-state index contributed by atoms with van der Waals surface area (Å²) in [6, 6.07) is 8.82. The number of benzene rings is 1. The first-order valence-corrected chi connectivity index (χ1v) is 6.94. The van der Waals surface area contributed by atoms with Gasteiger partial charge in [-0.05, 0) is 57.1 Å². The molecule has 4 heteroatoms. The van der Waals surface area contributed by atoms with Crippen molar-refractivity contribution in [2.75, 3.05) is 7.05 Å². The minimum absolute atomic E-state index is 0.00444. The fraction of sp³-hybridized carbons (Fsp3) is 0.312. The van der Waals surface area contributed by atoms with Gasteiger partial charge in [0.2, 0.25) is 0 Å². The molecule has 0 fully saturated rings. The summed E-state index contributed by atoms with van der Waals surface area (Å²) in [5, 5.41) is 3.69. The van der Waals surface area contributed by atoms with Crippen molar-refractivity contribution < 1.29 is 4.39 Å². The lowest BCUT2D eigenvalue weighted by molar-refractivity contribution is 0.553. The van der Waals surface area contributed by atoms with Gasteiger partial charge in [0, 0.05) is 28.0 Å². The van der Waals surface area contributed by atoms with Gasteiger partial charge in [-0.25, -0.2) is 4.39 Å². The Labute approximate surface area is 124 Å². The Bertz CT molecular complexity index is 573. The third-order valence-electron chi connectivity index (χ3n) is 3.32. The van der Waals surface area contributed by atoms with E-state index >= 15 is 0 Å². The Kier molecular flexibility index (Phi) is 4.73. The molecule has 0 aliphatic heterocycles. The largest absolute Gasteiger partial charge is 0.313 e. The van der Waals surface area contributed by atoms with Crippen molar-refractivity contribution >= 4 is 11.6 Å². The van der Waals surface area contributed by atoms with E-state index in [1.54, 1.807) is 12.1 Å². The minimum atomic E-state index is -0.264. The molecule has 1 N–H and O–H groups in total. The number of pyridine rings is 1. The van der Waals surface area contributed by atoms with E-state index in [1.807, 2.05) is 33.0 Å². The molecule has 0 saturated carbocycles. The minimum Gasteiger partial charge on any atom is -0.313 e. The Balaban J connectivity index is 2.33. The van der Waals surface area contributed by atoms with E-state index < -0.39 is 0 Å². The number of halogens is 2. The van der Waals surface area contributed by atoms with Crippen LogP contribution in [-0.4, -0.2) is 12.0 Å². The maximum Gasteiger partial charge on any atom is 0.127 e. The maximum absolute atomic E-state index is 13.9. The highest BCUT2D eigenvalue weighted by molar-refractivity contribution is 6.31. The zero-order chi connectivity index (χ0) is 14.7. The van der Waals surface area contributed by atoms with Gasteiger partial charge in [-0.1, -0.05) is 17.7 Å². The van der Waals surface area contributed by atoms with Crippen LogP contribution in [-0.2, 0) is 6.42 Å². The van der Waals surface area contributed by atoms with Crippen molar-refractivity contribution in [3.63, 3.8) is 0 Å². The molecule has 1 heterocycles. The second kappa shape index (κ2) is 6.33. The molecule has 0 bridgehead atoms. The lowest BCUT2D eigenvalue weighted by Crippen LogP contribution is -2.20. The third-order valence-corrected chi connectivity index (χ3v) is 3.68. The average molecular weight is 293 g/mol. The molecule has 0 amide bonds. The summed E-state index contributed by atoms with van der Waals surface area (Å²) < 4.78 is 13.9. The monoisotopic (exact) mass is 292 g/mol. The van der Waals surface area contributed by atoms with E-state index in [0.717, 1.165) is 17.0 Å². The molecule has 0 spiro atoms. The van der Waals surface area contributed by atoms with Gasteiger partial charge >= 0.3 is 0 Å². The second-order valence-electron chi connectivity index (χ2n) is 4.93. The molecule has 1 atom stereocenters. The van der Waals surface area contributed by atoms with Gasteiger partial charge in [0.1, 0.15) is 5.82 Å². The summed E-state index contributed by atoms with van der Waals surface area (Å²) >= 11 is 6.10. The molecule has 20 heavy (non-hydrogen) atoms. The number of nitrogens with zero attached hydrogens (tertiary/aromatic N) is 1. The molecule has 0 aliphatic rings. The van der Waals surface area contributed by atoms with E-state index in [9.17, 15) is 4.39 Å². The number of aryl methyl sites for hydroxylation is 2. The molecule has 2 aromatic rings. The summed E-state index contributed by atoms with van der Waals surface area (Å²) in [4.78, 5) is 4.37. The van der Waals surface area contributed by atoms with Crippen molar-refractivity contribution in [1.29, 1.82) is 0 Å². The number of hydrogen-bond acceptors (Lipinski definition) is 2. The summed E-state index contributed by atoms with van der Waals surface area (Å²) in [6.07, 6.45) is 0.505. The molecule has 0 radical (unpaired) electrons. The SMILES string of the molecule is CNC(Cc1c(F)cccc1Cl)c1cc(C)nc(C)c1. The van der Waals surface area contributed by atoms with Crippen LogP contribution in [0.5, 0.6) is 0 Å². The van der Waals surface area contributed by atoms with Gasteiger partial charge < -0.3 is 5.32 Å². The van der Waals surface area contributed by atoms with Crippen LogP contribution < -0.4 is 5.32 Å². The van der Waals surface area contributed by atoms with E-state index in [-0.39, 0.29) is 11.9 Å². The van der Waals surface area contributed by atoms with Gasteiger partial charge in [-0.2, -0.15) is 0 Å². The fourth-order valence-corrected chi connectivity index (χ4v) is 2.63.